The van der Waals surface area contributed by atoms with Gasteiger partial charge in [-0.15, -0.1) is 0 Å². The third-order valence-corrected chi connectivity index (χ3v) is 8.05. The van der Waals surface area contributed by atoms with E-state index in [4.69, 9.17) is 13.3 Å². The summed E-state index contributed by atoms with van der Waals surface area (Å²) in [5.41, 5.74) is 1.39. The second-order valence-electron chi connectivity index (χ2n) is 7.07. The molecule has 0 saturated carbocycles. The van der Waals surface area contributed by atoms with Crippen LogP contribution in [0, 0.1) is 0 Å². The first-order valence-electron chi connectivity index (χ1n) is 10.5. The molecule has 1 N–H and O–H groups in total. The average Bonchev–Trinajstić information content (AvgIpc) is 2.86. The van der Waals surface area contributed by atoms with Crippen LogP contribution in [0.4, 0.5) is 5.69 Å². The topological polar surface area (TPSA) is 77.1 Å². The third-order valence-electron chi connectivity index (χ3n) is 5.22. The van der Waals surface area contributed by atoms with Gasteiger partial charge in [-0.2, -0.15) is 0 Å². The summed E-state index contributed by atoms with van der Waals surface area (Å²) >= 11 is 0. The Kier molecular flexibility index (Phi) is 10.5. The molecular weight excluding hydrogens is 424 g/mol. The fourth-order valence-electron chi connectivity index (χ4n) is 3.38. The zero-order valence-electron chi connectivity index (χ0n) is 19.0. The Bertz CT molecular complexity index is 879. The van der Waals surface area contributed by atoms with Gasteiger partial charge in [0, 0.05) is 51.6 Å². The molecule has 0 amide bonds. The van der Waals surface area contributed by atoms with Crippen molar-refractivity contribution in [2.24, 2.45) is 0 Å². The molecule has 0 aliphatic heterocycles. The number of para-hydroxylation sites is 1. The van der Waals surface area contributed by atoms with Gasteiger partial charge >= 0.3 is 8.80 Å². The standard InChI is InChI=1S/C24H32N2O5Si/c1-5-26(18-17-25-16-11-19-32(29-2,30-3)31-4)22-15-10-9-14-21(22)24(28)23(27)20-12-7-6-8-13-20/h5-10,12-15,25H,1,11,16-19H2,2-4H3. The van der Waals surface area contributed by atoms with Gasteiger partial charge in [0.15, 0.2) is 0 Å². The van der Waals surface area contributed by atoms with Gasteiger partial charge < -0.3 is 23.5 Å². The lowest BCUT2D eigenvalue weighted by molar-refractivity contribution is 0.0817. The fourth-order valence-corrected chi connectivity index (χ4v) is 5.10. The van der Waals surface area contributed by atoms with Crippen molar-refractivity contribution < 1.29 is 22.9 Å². The van der Waals surface area contributed by atoms with Crippen LogP contribution in [0.5, 0.6) is 0 Å². The van der Waals surface area contributed by atoms with Gasteiger partial charge in [-0.25, -0.2) is 0 Å². The summed E-state index contributed by atoms with van der Waals surface area (Å²) < 4.78 is 16.3. The van der Waals surface area contributed by atoms with Crippen LogP contribution in [0.2, 0.25) is 6.04 Å². The van der Waals surface area contributed by atoms with E-state index < -0.39 is 20.4 Å². The number of anilines is 1. The van der Waals surface area contributed by atoms with E-state index in [2.05, 4.69) is 11.9 Å². The number of Topliss-reactive ketones (excluding diaryl/α,β-unsaturated/α-hetero) is 2. The van der Waals surface area contributed by atoms with E-state index in [1.807, 2.05) is 23.1 Å². The number of hydrogen-bond acceptors (Lipinski definition) is 7. The molecule has 0 spiro atoms. The van der Waals surface area contributed by atoms with Crippen LogP contribution >= 0.6 is 0 Å². The molecule has 0 heterocycles. The summed E-state index contributed by atoms with van der Waals surface area (Å²) in [5.74, 6) is -1.06. The van der Waals surface area contributed by atoms with Crippen LogP contribution in [0.15, 0.2) is 67.4 Å². The van der Waals surface area contributed by atoms with Gasteiger partial charge in [-0.1, -0.05) is 49.0 Å². The Labute approximate surface area is 191 Å². The Morgan fingerprint density at radius 2 is 1.56 bits per heavy atom. The van der Waals surface area contributed by atoms with E-state index in [0.29, 0.717) is 35.9 Å². The smallest absolute Gasteiger partial charge is 0.377 e. The predicted molar refractivity (Wildman–Crippen MR) is 128 cm³/mol. The predicted octanol–water partition coefficient (Wildman–Crippen LogP) is 3.56. The van der Waals surface area contributed by atoms with Gasteiger partial charge in [-0.3, -0.25) is 9.59 Å². The summed E-state index contributed by atoms with van der Waals surface area (Å²) in [4.78, 5) is 27.5. The van der Waals surface area contributed by atoms with Gasteiger partial charge in [0.25, 0.3) is 0 Å². The number of benzene rings is 2. The Morgan fingerprint density at radius 1 is 0.938 bits per heavy atom. The molecule has 0 atom stereocenters. The maximum Gasteiger partial charge on any atom is 0.500 e. The Hall–Kier alpha value is -2.62. The summed E-state index contributed by atoms with van der Waals surface area (Å²) in [7, 11) is 2.27. The minimum Gasteiger partial charge on any atom is -0.377 e. The number of hydrogen-bond donors (Lipinski definition) is 1. The minimum absolute atomic E-state index is 0.359. The van der Waals surface area contributed by atoms with Crippen LogP contribution in [0.1, 0.15) is 27.1 Å². The van der Waals surface area contributed by atoms with Gasteiger partial charge in [0.1, 0.15) is 0 Å². The highest BCUT2D eigenvalue weighted by Gasteiger charge is 2.36. The van der Waals surface area contributed by atoms with Crippen LogP contribution < -0.4 is 10.2 Å². The third kappa shape index (κ3) is 6.69. The van der Waals surface area contributed by atoms with E-state index in [-0.39, 0.29) is 0 Å². The first kappa shape index (κ1) is 25.6. The molecule has 0 aliphatic carbocycles. The molecule has 0 unspecified atom stereocenters. The van der Waals surface area contributed by atoms with E-state index in [1.165, 1.54) is 0 Å². The van der Waals surface area contributed by atoms with E-state index in [9.17, 15) is 9.59 Å². The van der Waals surface area contributed by atoms with Crippen molar-refractivity contribution in [3.63, 3.8) is 0 Å². The van der Waals surface area contributed by atoms with Crippen molar-refractivity contribution in [2.75, 3.05) is 45.9 Å². The number of nitrogens with one attached hydrogen (secondary N) is 1. The van der Waals surface area contributed by atoms with Crippen molar-refractivity contribution >= 4 is 26.1 Å². The average molecular weight is 457 g/mol. The molecule has 2 aromatic carbocycles. The van der Waals surface area contributed by atoms with Crippen molar-refractivity contribution in [2.45, 2.75) is 12.5 Å². The number of nitrogens with zero attached hydrogens (tertiary/aromatic N) is 1. The van der Waals surface area contributed by atoms with Crippen molar-refractivity contribution in [1.29, 1.82) is 0 Å². The number of carbonyl (C=O) groups excluding carboxylic acids is 2. The van der Waals surface area contributed by atoms with Crippen molar-refractivity contribution in [3.8, 4) is 0 Å². The Balaban J connectivity index is 1.97. The highest BCUT2D eigenvalue weighted by molar-refractivity contribution is 6.60. The molecule has 0 saturated heterocycles. The van der Waals surface area contributed by atoms with Crippen LogP contribution in [-0.4, -0.2) is 61.3 Å². The Morgan fingerprint density at radius 3 is 2.19 bits per heavy atom. The summed E-state index contributed by atoms with van der Waals surface area (Å²) in [6.45, 7) is 5.91. The van der Waals surface area contributed by atoms with Crippen molar-refractivity contribution in [1.82, 2.24) is 5.32 Å². The van der Waals surface area contributed by atoms with Crippen LogP contribution in [0.25, 0.3) is 0 Å². The second kappa shape index (κ2) is 13.0. The molecule has 8 heteroatoms. The summed E-state index contributed by atoms with van der Waals surface area (Å²) in [6, 6.07) is 16.4. The monoisotopic (exact) mass is 456 g/mol. The zero-order valence-corrected chi connectivity index (χ0v) is 20.0. The van der Waals surface area contributed by atoms with Crippen LogP contribution in [0.3, 0.4) is 0 Å². The molecule has 7 nitrogen and oxygen atoms in total. The molecule has 0 fully saturated rings. The number of ketones is 2. The first-order valence-corrected chi connectivity index (χ1v) is 12.4. The first-order chi connectivity index (χ1) is 15.5. The molecule has 0 aromatic heterocycles. The van der Waals surface area contributed by atoms with Gasteiger partial charge in [0.2, 0.25) is 11.6 Å². The maximum absolute atomic E-state index is 12.9. The highest BCUT2D eigenvalue weighted by atomic mass is 28.4. The lowest BCUT2D eigenvalue weighted by Crippen LogP contribution is -2.43. The molecule has 0 aliphatic rings. The fraction of sp³-hybridized carbons (Fsp3) is 0.333. The van der Waals surface area contributed by atoms with E-state index >= 15 is 0 Å². The normalized spacial score (nSPS) is 11.2. The van der Waals surface area contributed by atoms with Crippen molar-refractivity contribution in [3.05, 3.63) is 78.5 Å². The summed E-state index contributed by atoms with van der Waals surface area (Å²) in [5, 5.41) is 3.38. The molecule has 2 rings (SSSR count). The lowest BCUT2D eigenvalue weighted by atomic mass is 9.99. The minimum atomic E-state index is -2.55. The van der Waals surface area contributed by atoms with Gasteiger partial charge in [0.05, 0.1) is 5.69 Å². The molecule has 2 aromatic rings. The summed E-state index contributed by atoms with van der Waals surface area (Å²) in [6.07, 6.45) is 2.51. The van der Waals surface area contributed by atoms with E-state index in [1.54, 1.807) is 63.9 Å². The maximum atomic E-state index is 12.9. The molecule has 172 valence electrons. The van der Waals surface area contributed by atoms with Crippen LogP contribution in [-0.2, 0) is 13.3 Å². The SMILES string of the molecule is C=CN(CCNCCC[Si](OC)(OC)OC)c1ccccc1C(=O)C(=O)c1ccccc1. The molecule has 32 heavy (non-hydrogen) atoms. The molecular formula is C24H32N2O5Si. The largest absolute Gasteiger partial charge is 0.500 e. The molecule has 0 bridgehead atoms. The number of rotatable bonds is 15. The van der Waals surface area contributed by atoms with Gasteiger partial charge in [-0.05, 0) is 31.3 Å². The molecule has 0 radical (unpaired) electrons. The number of carbonyl (C=O) groups is 2. The quantitative estimate of drug-likeness (QED) is 0.190. The van der Waals surface area contributed by atoms with E-state index in [0.717, 1.165) is 13.0 Å². The highest BCUT2D eigenvalue weighted by Crippen LogP contribution is 2.22. The second-order valence-corrected chi connectivity index (χ2v) is 10.2. The zero-order chi connectivity index (χ0) is 23.4. The lowest BCUT2D eigenvalue weighted by Gasteiger charge is -2.25.